The second-order valence-electron chi connectivity index (χ2n) is 1.32. The van der Waals surface area contributed by atoms with Crippen molar-refractivity contribution in [1.29, 1.82) is 10.7 Å². The van der Waals surface area contributed by atoms with Gasteiger partial charge in [-0.1, -0.05) is 0 Å². The molecule has 0 radical (unpaired) electrons. The summed E-state index contributed by atoms with van der Waals surface area (Å²) in [6.45, 7) is 0. The SMILES string of the molecule is N#CN(OC(F)(F)F)C(=N)N. The molecule has 0 spiro atoms. The van der Waals surface area contributed by atoms with Gasteiger partial charge < -0.3 is 5.73 Å². The summed E-state index contributed by atoms with van der Waals surface area (Å²) in [7, 11) is 0. The van der Waals surface area contributed by atoms with Crippen LogP contribution in [0, 0.1) is 16.9 Å². The molecule has 0 aromatic heterocycles. The van der Waals surface area contributed by atoms with E-state index in [0.29, 0.717) is 0 Å². The number of nitriles is 1. The first-order chi connectivity index (χ1) is 4.87. The molecule has 5 nitrogen and oxygen atoms in total. The molecule has 0 saturated heterocycles. The Hall–Kier alpha value is -1.49. The van der Waals surface area contributed by atoms with Gasteiger partial charge in [-0.15, -0.1) is 18.2 Å². The van der Waals surface area contributed by atoms with Crippen molar-refractivity contribution in [3.05, 3.63) is 0 Å². The maximum Gasteiger partial charge on any atom is 0.545 e. The number of hydrogen-bond donors (Lipinski definition) is 2. The van der Waals surface area contributed by atoms with Crippen LogP contribution in [-0.2, 0) is 4.84 Å². The fraction of sp³-hybridized carbons (Fsp3) is 0.333. The van der Waals surface area contributed by atoms with Crippen molar-refractivity contribution >= 4 is 5.96 Å². The second-order valence-corrected chi connectivity index (χ2v) is 1.32. The molecule has 0 aromatic carbocycles. The maximum absolute atomic E-state index is 11.3. The Morgan fingerprint density at radius 1 is 1.64 bits per heavy atom. The van der Waals surface area contributed by atoms with Crippen molar-refractivity contribution in [2.24, 2.45) is 5.73 Å². The first-order valence-electron chi connectivity index (χ1n) is 2.16. The van der Waals surface area contributed by atoms with E-state index in [1.165, 1.54) is 0 Å². The summed E-state index contributed by atoms with van der Waals surface area (Å²) in [5, 5.41) is 13.8. The third-order valence-electron chi connectivity index (χ3n) is 0.504. The first kappa shape index (κ1) is 9.51. The quantitative estimate of drug-likeness (QED) is 0.191. The second kappa shape index (κ2) is 3.07. The first-order valence-corrected chi connectivity index (χ1v) is 2.16. The lowest BCUT2D eigenvalue weighted by Crippen LogP contribution is -2.37. The van der Waals surface area contributed by atoms with Gasteiger partial charge in [0.1, 0.15) is 0 Å². The molecule has 0 amide bonds. The lowest BCUT2D eigenvalue weighted by Gasteiger charge is -2.13. The van der Waals surface area contributed by atoms with Gasteiger partial charge in [0.05, 0.1) is 0 Å². The largest absolute Gasteiger partial charge is 0.545 e. The monoisotopic (exact) mass is 168 g/mol. The number of halogens is 3. The van der Waals surface area contributed by atoms with E-state index in [4.69, 9.17) is 10.7 Å². The van der Waals surface area contributed by atoms with Crippen LogP contribution < -0.4 is 5.73 Å². The minimum absolute atomic E-state index is 0.458. The number of nitrogens with zero attached hydrogens (tertiary/aromatic N) is 2. The van der Waals surface area contributed by atoms with Gasteiger partial charge in [-0.3, -0.25) is 5.41 Å². The standard InChI is InChI=1S/C3H3F3N4O/c4-3(5,6)11-10(1-7)2(8)9/h(H3,8,9). The molecule has 0 aliphatic carbocycles. The zero-order chi connectivity index (χ0) is 9.07. The molecule has 0 fully saturated rings. The van der Waals surface area contributed by atoms with Gasteiger partial charge in [0.15, 0.2) is 0 Å². The smallest absolute Gasteiger partial charge is 0.367 e. The van der Waals surface area contributed by atoms with E-state index in [2.05, 4.69) is 10.6 Å². The predicted molar refractivity (Wildman–Crippen MR) is 26.5 cm³/mol. The summed E-state index contributed by atoms with van der Waals surface area (Å²) in [4.78, 5) is 2.97. The minimum atomic E-state index is -5.01. The van der Waals surface area contributed by atoms with E-state index in [1.807, 2.05) is 0 Å². The lowest BCUT2D eigenvalue weighted by atomic mass is 10.9. The van der Waals surface area contributed by atoms with Crippen LogP contribution in [-0.4, -0.2) is 17.4 Å². The maximum atomic E-state index is 11.3. The third-order valence-corrected chi connectivity index (χ3v) is 0.504. The molecule has 62 valence electrons. The van der Waals surface area contributed by atoms with Gasteiger partial charge in [-0.25, -0.2) is 0 Å². The van der Waals surface area contributed by atoms with Crippen LogP contribution in [0.2, 0.25) is 0 Å². The highest BCUT2D eigenvalue weighted by Crippen LogP contribution is 2.17. The molecule has 0 bridgehead atoms. The Morgan fingerprint density at radius 3 is 2.18 bits per heavy atom. The van der Waals surface area contributed by atoms with Crippen LogP contribution in [0.3, 0.4) is 0 Å². The molecule has 0 aromatic rings. The number of nitrogens with one attached hydrogen (secondary N) is 1. The number of nitrogens with two attached hydrogens (primary N) is 1. The average molecular weight is 168 g/mol. The van der Waals surface area contributed by atoms with Crippen molar-refractivity contribution in [3.8, 4) is 6.19 Å². The van der Waals surface area contributed by atoms with E-state index in [0.717, 1.165) is 6.19 Å². The normalized spacial score (nSPS) is 10.4. The van der Waals surface area contributed by atoms with Crippen molar-refractivity contribution in [3.63, 3.8) is 0 Å². The lowest BCUT2D eigenvalue weighted by molar-refractivity contribution is -0.383. The molecule has 11 heavy (non-hydrogen) atoms. The molecule has 8 heteroatoms. The number of hydroxylamine groups is 2. The van der Waals surface area contributed by atoms with Crippen LogP contribution in [0.25, 0.3) is 0 Å². The molecule has 0 aliphatic heterocycles. The average Bonchev–Trinajstić information content (AvgIpc) is 1.80. The van der Waals surface area contributed by atoms with Gasteiger partial charge in [0, 0.05) is 0 Å². The van der Waals surface area contributed by atoms with Crippen LogP contribution in [0.15, 0.2) is 0 Å². The van der Waals surface area contributed by atoms with Crippen molar-refractivity contribution in [1.82, 2.24) is 5.06 Å². The molecule has 0 rings (SSSR count). The minimum Gasteiger partial charge on any atom is -0.367 e. The molecule has 0 atom stereocenters. The molecule has 0 aliphatic rings. The zero-order valence-electron chi connectivity index (χ0n) is 5.01. The van der Waals surface area contributed by atoms with E-state index in [1.54, 1.807) is 0 Å². The van der Waals surface area contributed by atoms with Gasteiger partial charge in [0.25, 0.3) is 0 Å². The molecule has 3 N–H and O–H groups in total. The summed E-state index contributed by atoms with van der Waals surface area (Å²) >= 11 is 0. The highest BCUT2D eigenvalue weighted by Gasteiger charge is 2.34. The van der Waals surface area contributed by atoms with E-state index in [9.17, 15) is 13.2 Å². The summed E-state index contributed by atoms with van der Waals surface area (Å²) in [5.41, 5.74) is 4.52. The Kier molecular flexibility index (Phi) is 2.65. The van der Waals surface area contributed by atoms with Crippen LogP contribution in [0.1, 0.15) is 0 Å². The number of hydrogen-bond acceptors (Lipinski definition) is 3. The Morgan fingerprint density at radius 2 is 2.09 bits per heavy atom. The Bertz CT molecular complexity index is 194. The van der Waals surface area contributed by atoms with Gasteiger partial charge in [-0.05, 0) is 0 Å². The van der Waals surface area contributed by atoms with Gasteiger partial charge in [0.2, 0.25) is 12.2 Å². The number of rotatable bonds is 1. The van der Waals surface area contributed by atoms with Gasteiger partial charge in [-0.2, -0.15) is 10.1 Å². The summed E-state index contributed by atoms with van der Waals surface area (Å²) in [6, 6.07) is 0. The number of guanidine groups is 1. The number of alkyl halides is 3. The molecular weight excluding hydrogens is 165 g/mol. The molecular formula is C3H3F3N4O. The van der Waals surface area contributed by atoms with Crippen LogP contribution in [0.5, 0.6) is 0 Å². The predicted octanol–water partition coefficient (Wildman–Crippen LogP) is 0.114. The fourth-order valence-electron chi connectivity index (χ4n) is 0.227. The van der Waals surface area contributed by atoms with E-state index >= 15 is 0 Å². The summed E-state index contributed by atoms with van der Waals surface area (Å²) < 4.78 is 33.9. The van der Waals surface area contributed by atoms with Crippen molar-refractivity contribution in [2.45, 2.75) is 6.36 Å². The van der Waals surface area contributed by atoms with Crippen molar-refractivity contribution < 1.29 is 18.0 Å². The third kappa shape index (κ3) is 3.99. The van der Waals surface area contributed by atoms with Crippen LogP contribution in [0.4, 0.5) is 13.2 Å². The molecule has 0 heterocycles. The Balaban J connectivity index is 4.13. The highest BCUT2D eigenvalue weighted by molar-refractivity contribution is 5.74. The van der Waals surface area contributed by atoms with Crippen LogP contribution >= 0.6 is 0 Å². The zero-order valence-corrected chi connectivity index (χ0v) is 5.01. The Labute approximate surface area is 59.2 Å². The molecule has 0 saturated carbocycles. The topological polar surface area (TPSA) is 86.1 Å². The van der Waals surface area contributed by atoms with Gasteiger partial charge >= 0.3 is 6.36 Å². The van der Waals surface area contributed by atoms with E-state index < -0.39 is 17.4 Å². The summed E-state index contributed by atoms with van der Waals surface area (Å²) in [5.74, 6) is -1.13. The molecule has 0 unspecified atom stereocenters. The fourth-order valence-corrected chi connectivity index (χ4v) is 0.227. The highest BCUT2D eigenvalue weighted by atomic mass is 19.4. The van der Waals surface area contributed by atoms with Crippen molar-refractivity contribution in [2.75, 3.05) is 0 Å². The summed E-state index contributed by atoms with van der Waals surface area (Å²) in [6.07, 6.45) is -4.11. The van der Waals surface area contributed by atoms with E-state index in [-0.39, 0.29) is 0 Å².